The van der Waals surface area contributed by atoms with E-state index >= 15 is 0 Å². The highest BCUT2D eigenvalue weighted by atomic mass is 79.9. The van der Waals surface area contributed by atoms with Crippen molar-refractivity contribution in [3.63, 3.8) is 0 Å². The highest BCUT2D eigenvalue weighted by Gasteiger charge is 2.27. The largest absolute Gasteiger partial charge is 0.426 e. The lowest BCUT2D eigenvalue weighted by Gasteiger charge is -2.27. The van der Waals surface area contributed by atoms with Gasteiger partial charge in [0.25, 0.3) is 0 Å². The summed E-state index contributed by atoms with van der Waals surface area (Å²) < 4.78 is 6.70. The van der Waals surface area contributed by atoms with Gasteiger partial charge in [-0.25, -0.2) is 0 Å². The van der Waals surface area contributed by atoms with Gasteiger partial charge in [0.2, 0.25) is 0 Å². The van der Waals surface area contributed by atoms with E-state index in [1.165, 1.54) is 32.1 Å². The molecular formula is C23H27BrO2. The number of halogens is 1. The summed E-state index contributed by atoms with van der Waals surface area (Å²) >= 11 is 3.45. The fraction of sp³-hybridized carbons (Fsp3) is 0.435. The number of benzene rings is 2. The number of rotatable bonds is 6. The Kier molecular flexibility index (Phi) is 6.90. The second-order valence-corrected chi connectivity index (χ2v) is 8.23. The molecule has 0 atom stereocenters. The fourth-order valence-electron chi connectivity index (χ4n) is 3.74. The van der Waals surface area contributed by atoms with Gasteiger partial charge in [0.05, 0.1) is 5.92 Å². The van der Waals surface area contributed by atoms with Crippen LogP contribution in [0.5, 0.6) is 5.75 Å². The van der Waals surface area contributed by atoms with Crippen LogP contribution in [0.2, 0.25) is 0 Å². The van der Waals surface area contributed by atoms with Gasteiger partial charge in [-0.1, -0.05) is 66.4 Å². The molecule has 3 heteroatoms. The Morgan fingerprint density at radius 3 is 2.12 bits per heavy atom. The molecule has 0 saturated heterocycles. The van der Waals surface area contributed by atoms with Crippen molar-refractivity contribution in [1.82, 2.24) is 0 Å². The molecule has 0 bridgehead atoms. The molecule has 2 nitrogen and oxygen atoms in total. The topological polar surface area (TPSA) is 26.3 Å². The van der Waals surface area contributed by atoms with E-state index in [1.54, 1.807) is 0 Å². The maximum Gasteiger partial charge on any atom is 0.314 e. The molecule has 0 spiro atoms. The number of ether oxygens (including phenoxy) is 1. The Hall–Kier alpha value is -1.61. The minimum atomic E-state index is -0.0599. The van der Waals surface area contributed by atoms with Crippen molar-refractivity contribution in [1.29, 1.82) is 0 Å². The molecule has 3 rings (SSSR count). The standard InChI is InChI=1S/C23H27BrO2/c1-2-3-4-17-5-7-20(8-6-17)23(25)26-22-15-11-19(12-16-22)18-9-13-21(24)14-10-18/h9-17,20H,2-8H2,1H3. The molecule has 0 aromatic heterocycles. The number of carbonyl (C=O) groups is 1. The van der Waals surface area contributed by atoms with E-state index in [2.05, 4.69) is 35.0 Å². The molecule has 1 aliphatic rings. The Balaban J connectivity index is 1.53. The van der Waals surface area contributed by atoms with Crippen molar-refractivity contribution in [3.05, 3.63) is 53.0 Å². The first kappa shape index (κ1) is 19.2. The predicted molar refractivity (Wildman–Crippen MR) is 110 cm³/mol. The van der Waals surface area contributed by atoms with E-state index in [4.69, 9.17) is 4.74 Å². The summed E-state index contributed by atoms with van der Waals surface area (Å²) in [6.45, 7) is 2.24. The maximum atomic E-state index is 12.5. The molecule has 0 radical (unpaired) electrons. The summed E-state index contributed by atoms with van der Waals surface area (Å²) in [6, 6.07) is 16.0. The monoisotopic (exact) mass is 414 g/mol. The lowest BCUT2D eigenvalue weighted by atomic mass is 9.80. The molecule has 1 saturated carbocycles. The van der Waals surface area contributed by atoms with Gasteiger partial charge in [-0.3, -0.25) is 4.79 Å². The zero-order valence-electron chi connectivity index (χ0n) is 15.4. The van der Waals surface area contributed by atoms with Crippen LogP contribution >= 0.6 is 15.9 Å². The van der Waals surface area contributed by atoms with Crippen molar-refractivity contribution in [2.75, 3.05) is 0 Å². The third kappa shape index (κ3) is 5.20. The summed E-state index contributed by atoms with van der Waals surface area (Å²) in [5, 5.41) is 0. The van der Waals surface area contributed by atoms with Crippen molar-refractivity contribution in [2.45, 2.75) is 51.9 Å². The number of esters is 1. The van der Waals surface area contributed by atoms with Crippen molar-refractivity contribution in [3.8, 4) is 16.9 Å². The maximum absolute atomic E-state index is 12.5. The van der Waals surface area contributed by atoms with Crippen LogP contribution in [0, 0.1) is 11.8 Å². The van der Waals surface area contributed by atoms with Crippen LogP contribution in [0.4, 0.5) is 0 Å². The molecule has 1 fully saturated rings. The molecule has 0 heterocycles. The van der Waals surface area contributed by atoms with E-state index in [1.807, 2.05) is 36.4 Å². The highest BCUT2D eigenvalue weighted by Crippen LogP contribution is 2.33. The summed E-state index contributed by atoms with van der Waals surface area (Å²) in [5.74, 6) is 1.46. The predicted octanol–water partition coefficient (Wildman–Crippen LogP) is 7.02. The number of hydrogen-bond acceptors (Lipinski definition) is 2. The van der Waals surface area contributed by atoms with Crippen molar-refractivity contribution < 1.29 is 9.53 Å². The van der Waals surface area contributed by atoms with Crippen LogP contribution in [-0.2, 0) is 4.79 Å². The van der Waals surface area contributed by atoms with E-state index in [0.717, 1.165) is 34.4 Å². The summed E-state index contributed by atoms with van der Waals surface area (Å²) in [6.07, 6.45) is 8.18. The first-order valence-corrected chi connectivity index (χ1v) is 10.5. The zero-order chi connectivity index (χ0) is 18.4. The Labute approximate surface area is 165 Å². The summed E-state index contributed by atoms with van der Waals surface area (Å²) in [4.78, 5) is 12.5. The Morgan fingerprint density at radius 1 is 0.962 bits per heavy atom. The van der Waals surface area contributed by atoms with Crippen molar-refractivity contribution in [2.24, 2.45) is 11.8 Å². The van der Waals surface area contributed by atoms with Crippen LogP contribution in [0.3, 0.4) is 0 Å². The summed E-state index contributed by atoms with van der Waals surface area (Å²) in [5.41, 5.74) is 2.27. The zero-order valence-corrected chi connectivity index (χ0v) is 17.0. The molecule has 2 aromatic rings. The molecule has 26 heavy (non-hydrogen) atoms. The van der Waals surface area contributed by atoms with Crippen LogP contribution in [0.1, 0.15) is 51.9 Å². The summed E-state index contributed by atoms with van der Waals surface area (Å²) in [7, 11) is 0. The number of carbonyl (C=O) groups excluding carboxylic acids is 1. The second kappa shape index (κ2) is 9.36. The third-order valence-corrected chi connectivity index (χ3v) is 5.92. The smallest absolute Gasteiger partial charge is 0.314 e. The SMILES string of the molecule is CCCCC1CCC(C(=O)Oc2ccc(-c3ccc(Br)cc3)cc2)CC1. The lowest BCUT2D eigenvalue weighted by molar-refractivity contribution is -0.140. The minimum Gasteiger partial charge on any atom is -0.426 e. The molecule has 0 N–H and O–H groups in total. The van der Waals surface area contributed by atoms with Gasteiger partial charge in [0, 0.05) is 4.47 Å². The quantitative estimate of drug-likeness (QED) is 0.374. The van der Waals surface area contributed by atoms with Gasteiger partial charge in [0.1, 0.15) is 5.75 Å². The lowest BCUT2D eigenvalue weighted by Crippen LogP contribution is -2.25. The molecule has 0 aliphatic heterocycles. The van der Waals surface area contributed by atoms with Gasteiger partial charge in [0.15, 0.2) is 0 Å². The first-order chi connectivity index (χ1) is 12.7. The van der Waals surface area contributed by atoms with Crippen LogP contribution in [-0.4, -0.2) is 5.97 Å². The number of unbranched alkanes of at least 4 members (excludes halogenated alkanes) is 1. The first-order valence-electron chi connectivity index (χ1n) is 9.73. The molecule has 0 unspecified atom stereocenters. The Morgan fingerprint density at radius 2 is 1.54 bits per heavy atom. The van der Waals surface area contributed by atoms with Gasteiger partial charge >= 0.3 is 5.97 Å². The molecule has 0 amide bonds. The minimum absolute atomic E-state index is 0.0599. The van der Waals surface area contributed by atoms with Crippen molar-refractivity contribution >= 4 is 21.9 Å². The van der Waals surface area contributed by atoms with E-state index in [-0.39, 0.29) is 11.9 Å². The van der Waals surface area contributed by atoms with Crippen LogP contribution in [0.25, 0.3) is 11.1 Å². The molecule has 138 valence electrons. The van der Waals surface area contributed by atoms with Gasteiger partial charge in [-0.05, 0) is 67.0 Å². The van der Waals surface area contributed by atoms with E-state index in [9.17, 15) is 4.79 Å². The average molecular weight is 415 g/mol. The van der Waals surface area contributed by atoms with E-state index < -0.39 is 0 Å². The van der Waals surface area contributed by atoms with Gasteiger partial charge in [-0.2, -0.15) is 0 Å². The Bertz CT molecular complexity index is 698. The molecule has 1 aliphatic carbocycles. The van der Waals surface area contributed by atoms with Gasteiger partial charge in [-0.15, -0.1) is 0 Å². The average Bonchev–Trinajstić information content (AvgIpc) is 2.68. The second-order valence-electron chi connectivity index (χ2n) is 7.31. The fourth-order valence-corrected chi connectivity index (χ4v) is 4.00. The van der Waals surface area contributed by atoms with E-state index in [0.29, 0.717) is 5.75 Å². The normalized spacial score (nSPS) is 19.9. The third-order valence-electron chi connectivity index (χ3n) is 5.40. The van der Waals surface area contributed by atoms with Crippen LogP contribution in [0.15, 0.2) is 53.0 Å². The molecular weight excluding hydrogens is 388 g/mol. The van der Waals surface area contributed by atoms with Crippen LogP contribution < -0.4 is 4.74 Å². The number of hydrogen-bond donors (Lipinski definition) is 0. The molecule has 2 aromatic carbocycles. The highest BCUT2D eigenvalue weighted by molar-refractivity contribution is 9.10. The van der Waals surface area contributed by atoms with Gasteiger partial charge < -0.3 is 4.74 Å².